The number of benzene rings is 2. The predicted molar refractivity (Wildman–Crippen MR) is 98.0 cm³/mol. The fourth-order valence-electron chi connectivity index (χ4n) is 2.74. The largest absolute Gasteiger partial charge is 0.377 e. The number of H-pyrrole nitrogens is 1. The van der Waals surface area contributed by atoms with Crippen molar-refractivity contribution < 1.29 is 4.74 Å². The van der Waals surface area contributed by atoms with Gasteiger partial charge in [-0.3, -0.25) is 4.57 Å². The molecule has 1 unspecified atom stereocenters. The number of hydrogen-bond acceptors (Lipinski definition) is 3. The summed E-state index contributed by atoms with van der Waals surface area (Å²) in [6.07, 6.45) is 0.977. The third kappa shape index (κ3) is 3.68. The van der Waals surface area contributed by atoms with Crippen LogP contribution in [0, 0.1) is 0 Å². The van der Waals surface area contributed by atoms with E-state index in [0.717, 1.165) is 28.8 Å². The van der Waals surface area contributed by atoms with Crippen LogP contribution in [0.5, 0.6) is 0 Å². The van der Waals surface area contributed by atoms with Crippen molar-refractivity contribution in [2.24, 2.45) is 0 Å². The first-order valence-corrected chi connectivity index (χ1v) is 8.33. The first-order chi connectivity index (χ1) is 11.7. The van der Waals surface area contributed by atoms with Gasteiger partial charge in [-0.2, -0.15) is 0 Å². The van der Waals surface area contributed by atoms with Gasteiger partial charge in [0.15, 0.2) is 0 Å². The zero-order chi connectivity index (χ0) is 16.9. The highest BCUT2D eigenvalue weighted by molar-refractivity contribution is 5.80. The second-order valence-corrected chi connectivity index (χ2v) is 5.95. The molecule has 5 heteroatoms. The van der Waals surface area contributed by atoms with Crippen molar-refractivity contribution >= 4 is 22.4 Å². The van der Waals surface area contributed by atoms with Gasteiger partial charge >= 0.3 is 5.69 Å². The fourth-order valence-corrected chi connectivity index (χ4v) is 2.74. The number of fused-ring (bicyclic) bond motifs is 1. The quantitative estimate of drug-likeness (QED) is 0.693. The molecule has 0 saturated heterocycles. The summed E-state index contributed by atoms with van der Waals surface area (Å²) < 4.78 is 7.42. The molecule has 2 N–H and O–H groups in total. The van der Waals surface area contributed by atoms with Crippen LogP contribution in [0.4, 0.5) is 11.4 Å². The average molecular weight is 325 g/mol. The van der Waals surface area contributed by atoms with Gasteiger partial charge in [0.1, 0.15) is 0 Å². The standard InChI is InChI=1S/C19H23N3O2/c1-3-11-24-14(2)13-22-18-10-9-16(12-17(18)21-19(22)23)20-15-7-5-4-6-8-15/h4-10,12,14,20H,3,11,13H2,1-2H3,(H,21,23). The van der Waals surface area contributed by atoms with E-state index in [1.165, 1.54) is 0 Å². The lowest BCUT2D eigenvalue weighted by Gasteiger charge is -2.13. The van der Waals surface area contributed by atoms with Crippen molar-refractivity contribution in [3.05, 3.63) is 59.0 Å². The molecule has 0 aliphatic heterocycles. The number of nitrogens with zero attached hydrogens (tertiary/aromatic N) is 1. The summed E-state index contributed by atoms with van der Waals surface area (Å²) in [5, 5.41) is 3.34. The zero-order valence-electron chi connectivity index (χ0n) is 14.1. The molecule has 0 amide bonds. The van der Waals surface area contributed by atoms with Gasteiger partial charge in [-0.25, -0.2) is 4.79 Å². The first kappa shape index (κ1) is 16.3. The Labute approximate surface area is 141 Å². The first-order valence-electron chi connectivity index (χ1n) is 8.33. The number of nitrogens with one attached hydrogen (secondary N) is 2. The summed E-state index contributed by atoms with van der Waals surface area (Å²) >= 11 is 0. The minimum atomic E-state index is -0.103. The van der Waals surface area contributed by atoms with E-state index in [1.54, 1.807) is 4.57 Å². The summed E-state index contributed by atoms with van der Waals surface area (Å²) in [6.45, 7) is 5.33. The minimum Gasteiger partial charge on any atom is -0.377 e. The molecule has 0 saturated carbocycles. The molecule has 0 spiro atoms. The van der Waals surface area contributed by atoms with Crippen LogP contribution in [-0.2, 0) is 11.3 Å². The molecule has 1 atom stereocenters. The Morgan fingerprint density at radius 1 is 1.17 bits per heavy atom. The van der Waals surface area contributed by atoms with Crippen LogP contribution in [0.3, 0.4) is 0 Å². The monoisotopic (exact) mass is 325 g/mol. The molecule has 0 bridgehead atoms. The smallest absolute Gasteiger partial charge is 0.326 e. The van der Waals surface area contributed by atoms with Crippen LogP contribution in [0.2, 0.25) is 0 Å². The van der Waals surface area contributed by atoms with Crippen molar-refractivity contribution in [2.75, 3.05) is 11.9 Å². The van der Waals surface area contributed by atoms with Crippen molar-refractivity contribution in [2.45, 2.75) is 32.9 Å². The second kappa shape index (κ2) is 7.36. The predicted octanol–water partition coefficient (Wildman–Crippen LogP) is 3.89. The molecule has 0 aliphatic rings. The maximum atomic E-state index is 12.2. The molecular formula is C19H23N3O2. The molecule has 1 heterocycles. The number of aromatic amines is 1. The van der Waals surface area contributed by atoms with Gasteiger partial charge < -0.3 is 15.0 Å². The van der Waals surface area contributed by atoms with E-state index in [9.17, 15) is 4.79 Å². The molecule has 0 fully saturated rings. The van der Waals surface area contributed by atoms with Crippen molar-refractivity contribution in [3.8, 4) is 0 Å². The van der Waals surface area contributed by atoms with Crippen LogP contribution in [0.25, 0.3) is 11.0 Å². The lowest BCUT2D eigenvalue weighted by molar-refractivity contribution is 0.0550. The SMILES string of the molecule is CCCOC(C)Cn1c(=O)[nH]c2cc(Nc3ccccc3)ccc21. The fraction of sp³-hybridized carbons (Fsp3) is 0.316. The van der Waals surface area contributed by atoms with Crippen molar-refractivity contribution in [1.82, 2.24) is 9.55 Å². The van der Waals surface area contributed by atoms with Crippen LogP contribution >= 0.6 is 0 Å². The highest BCUT2D eigenvalue weighted by Gasteiger charge is 2.11. The normalized spacial score (nSPS) is 12.4. The number of aromatic nitrogens is 2. The van der Waals surface area contributed by atoms with Crippen molar-refractivity contribution in [3.63, 3.8) is 0 Å². The lowest BCUT2D eigenvalue weighted by atomic mass is 10.2. The van der Waals surface area contributed by atoms with Gasteiger partial charge in [-0.15, -0.1) is 0 Å². The van der Waals surface area contributed by atoms with E-state index in [1.807, 2.05) is 55.5 Å². The van der Waals surface area contributed by atoms with Crippen LogP contribution < -0.4 is 11.0 Å². The number of hydrogen-bond donors (Lipinski definition) is 2. The number of imidazole rings is 1. The molecule has 3 aromatic rings. The highest BCUT2D eigenvalue weighted by atomic mass is 16.5. The topological polar surface area (TPSA) is 59.0 Å². The summed E-state index contributed by atoms with van der Waals surface area (Å²) in [7, 11) is 0. The van der Waals surface area contributed by atoms with Gasteiger partial charge in [-0.1, -0.05) is 25.1 Å². The van der Waals surface area contributed by atoms with E-state index in [-0.39, 0.29) is 11.8 Å². The summed E-state index contributed by atoms with van der Waals surface area (Å²) in [5.74, 6) is 0. The van der Waals surface area contributed by atoms with E-state index in [2.05, 4.69) is 17.2 Å². The number of anilines is 2. The summed E-state index contributed by atoms with van der Waals surface area (Å²) in [6, 6.07) is 15.9. The zero-order valence-corrected chi connectivity index (χ0v) is 14.1. The van der Waals surface area contributed by atoms with Gasteiger partial charge in [-0.05, 0) is 43.7 Å². The second-order valence-electron chi connectivity index (χ2n) is 5.95. The minimum absolute atomic E-state index is 0.00349. The maximum Gasteiger partial charge on any atom is 0.326 e. The third-order valence-corrected chi connectivity index (χ3v) is 3.88. The molecule has 5 nitrogen and oxygen atoms in total. The van der Waals surface area contributed by atoms with Crippen molar-refractivity contribution in [1.29, 1.82) is 0 Å². The Balaban J connectivity index is 1.83. The Kier molecular flexibility index (Phi) is 5.01. The molecule has 3 rings (SSSR count). The highest BCUT2D eigenvalue weighted by Crippen LogP contribution is 2.21. The molecule has 24 heavy (non-hydrogen) atoms. The Hall–Kier alpha value is -2.53. The Morgan fingerprint density at radius 3 is 2.71 bits per heavy atom. The molecule has 0 aliphatic carbocycles. The van der Waals surface area contributed by atoms with Gasteiger partial charge in [0.05, 0.1) is 23.7 Å². The van der Waals surface area contributed by atoms with Crippen LogP contribution in [0.15, 0.2) is 53.3 Å². The lowest BCUT2D eigenvalue weighted by Crippen LogP contribution is -2.25. The van der Waals surface area contributed by atoms with E-state index >= 15 is 0 Å². The molecular weight excluding hydrogens is 302 g/mol. The average Bonchev–Trinajstić information content (AvgIpc) is 2.89. The van der Waals surface area contributed by atoms with E-state index in [4.69, 9.17) is 4.74 Å². The summed E-state index contributed by atoms with van der Waals surface area (Å²) in [5.41, 5.74) is 3.57. The Morgan fingerprint density at radius 2 is 1.96 bits per heavy atom. The van der Waals surface area contributed by atoms with Gasteiger partial charge in [0.25, 0.3) is 0 Å². The van der Waals surface area contributed by atoms with Gasteiger partial charge in [0, 0.05) is 18.0 Å². The molecule has 1 aromatic heterocycles. The third-order valence-electron chi connectivity index (χ3n) is 3.88. The molecule has 126 valence electrons. The van der Waals surface area contributed by atoms with E-state index in [0.29, 0.717) is 13.2 Å². The molecule has 2 aromatic carbocycles. The molecule has 0 radical (unpaired) electrons. The van der Waals surface area contributed by atoms with Crippen LogP contribution in [-0.4, -0.2) is 22.3 Å². The van der Waals surface area contributed by atoms with Crippen LogP contribution in [0.1, 0.15) is 20.3 Å². The number of rotatable bonds is 7. The number of ether oxygens (including phenoxy) is 1. The number of para-hydroxylation sites is 1. The van der Waals surface area contributed by atoms with E-state index < -0.39 is 0 Å². The summed E-state index contributed by atoms with van der Waals surface area (Å²) in [4.78, 5) is 15.2. The Bertz CT molecular complexity index is 852. The van der Waals surface area contributed by atoms with Gasteiger partial charge in [0.2, 0.25) is 0 Å². The maximum absolute atomic E-state index is 12.2.